The predicted octanol–water partition coefficient (Wildman–Crippen LogP) is 1.33. The van der Waals surface area contributed by atoms with Gasteiger partial charge in [0.25, 0.3) is 0 Å². The number of rotatable bonds is 5. The minimum Gasteiger partial charge on any atom is -0.496 e. The highest BCUT2D eigenvalue weighted by Gasteiger charge is 2.32. The van der Waals surface area contributed by atoms with E-state index in [1.54, 1.807) is 13.2 Å². The molecule has 1 amide bonds. The minimum absolute atomic E-state index is 0.0983. The van der Waals surface area contributed by atoms with Crippen LogP contribution in [-0.4, -0.2) is 62.1 Å². The van der Waals surface area contributed by atoms with Gasteiger partial charge in [0.2, 0.25) is 5.91 Å². The van der Waals surface area contributed by atoms with E-state index in [0.29, 0.717) is 18.2 Å². The van der Waals surface area contributed by atoms with Crippen LogP contribution in [0.5, 0.6) is 5.75 Å². The van der Waals surface area contributed by atoms with Gasteiger partial charge in [-0.1, -0.05) is 6.92 Å². The number of amides is 1. The number of benzene rings is 1. The zero-order chi connectivity index (χ0) is 17.1. The van der Waals surface area contributed by atoms with Gasteiger partial charge < -0.3 is 15.0 Å². The van der Waals surface area contributed by atoms with Crippen LogP contribution in [0.1, 0.15) is 12.5 Å². The Labute approximate surface area is 142 Å². The minimum atomic E-state index is -0.248. The van der Waals surface area contributed by atoms with E-state index in [-0.39, 0.29) is 17.6 Å². The van der Waals surface area contributed by atoms with Gasteiger partial charge in [0, 0.05) is 44.2 Å². The summed E-state index contributed by atoms with van der Waals surface area (Å²) in [6.45, 7) is 7.67. The molecule has 2 saturated heterocycles. The Morgan fingerprint density at radius 3 is 2.62 bits per heavy atom. The molecule has 1 aromatic rings. The fraction of sp³-hybridized carbons (Fsp3) is 0.611. The van der Waals surface area contributed by atoms with Crippen molar-refractivity contribution in [3.05, 3.63) is 29.6 Å². The van der Waals surface area contributed by atoms with Crippen LogP contribution in [0.2, 0.25) is 0 Å². The Bertz CT molecular complexity index is 584. The summed E-state index contributed by atoms with van der Waals surface area (Å²) in [6, 6.07) is 4.61. The fourth-order valence-corrected chi connectivity index (χ4v) is 3.39. The molecule has 0 aliphatic carbocycles. The lowest BCUT2D eigenvalue weighted by Crippen LogP contribution is -2.54. The molecule has 1 unspecified atom stereocenters. The van der Waals surface area contributed by atoms with Crippen molar-refractivity contribution >= 4 is 5.91 Å². The van der Waals surface area contributed by atoms with Gasteiger partial charge in [-0.3, -0.25) is 9.69 Å². The van der Waals surface area contributed by atoms with Gasteiger partial charge in [0.1, 0.15) is 11.6 Å². The van der Waals surface area contributed by atoms with Crippen LogP contribution < -0.4 is 10.1 Å². The third-order valence-electron chi connectivity index (χ3n) is 5.23. The van der Waals surface area contributed by atoms with Gasteiger partial charge in [0.15, 0.2) is 0 Å². The molecule has 2 aliphatic rings. The number of hydrogen-bond acceptors (Lipinski definition) is 4. The molecule has 0 radical (unpaired) electrons. The van der Waals surface area contributed by atoms with Gasteiger partial charge >= 0.3 is 0 Å². The van der Waals surface area contributed by atoms with Crippen LogP contribution in [0.3, 0.4) is 0 Å². The normalized spacial score (nSPS) is 20.5. The molecule has 1 aromatic carbocycles. The van der Waals surface area contributed by atoms with Gasteiger partial charge in [0.05, 0.1) is 7.11 Å². The summed E-state index contributed by atoms with van der Waals surface area (Å²) in [5.41, 5.74) is 0.853. The first-order chi connectivity index (χ1) is 11.6. The number of hydrogen-bond donors (Lipinski definition) is 1. The fourth-order valence-electron chi connectivity index (χ4n) is 3.39. The van der Waals surface area contributed by atoms with Crippen molar-refractivity contribution < 1.29 is 13.9 Å². The van der Waals surface area contributed by atoms with E-state index in [1.165, 1.54) is 12.1 Å². The number of carbonyl (C=O) groups is 1. The average molecular weight is 335 g/mol. The maximum Gasteiger partial charge on any atom is 0.225 e. The Morgan fingerprint density at radius 1 is 1.33 bits per heavy atom. The van der Waals surface area contributed by atoms with E-state index < -0.39 is 0 Å². The number of carbonyl (C=O) groups excluding carboxylic acids is 1. The van der Waals surface area contributed by atoms with Crippen molar-refractivity contribution in [3.63, 3.8) is 0 Å². The molecule has 24 heavy (non-hydrogen) atoms. The number of halogens is 1. The molecule has 2 heterocycles. The summed E-state index contributed by atoms with van der Waals surface area (Å²) in [7, 11) is 1.60. The molecular formula is C18H26FN3O2. The Kier molecular flexibility index (Phi) is 5.36. The van der Waals surface area contributed by atoms with Gasteiger partial charge in [-0.15, -0.1) is 0 Å². The van der Waals surface area contributed by atoms with Gasteiger partial charge in [-0.25, -0.2) is 4.39 Å². The standard InChI is InChI=1S/C18H26FN3O2/c1-13(15-10-20-11-15)18(23)22-7-5-21(6-8-22)12-14-9-16(19)3-4-17(14)24-2/h3-4,9,13,15,20H,5-8,10-12H2,1-2H3. The quantitative estimate of drug-likeness (QED) is 0.882. The number of nitrogens with zero attached hydrogens (tertiary/aromatic N) is 2. The van der Waals surface area contributed by atoms with E-state index in [1.807, 2.05) is 11.8 Å². The van der Waals surface area contributed by atoms with Crippen molar-refractivity contribution in [2.24, 2.45) is 11.8 Å². The molecule has 0 saturated carbocycles. The summed E-state index contributed by atoms with van der Waals surface area (Å²) in [5.74, 6) is 1.31. The average Bonchev–Trinajstić information content (AvgIpc) is 2.53. The molecular weight excluding hydrogens is 309 g/mol. The summed E-state index contributed by atoms with van der Waals surface area (Å²) < 4.78 is 18.8. The molecule has 1 N–H and O–H groups in total. The summed E-state index contributed by atoms with van der Waals surface area (Å²) >= 11 is 0. The highest BCUT2D eigenvalue weighted by Crippen LogP contribution is 2.23. The Balaban J connectivity index is 1.53. The van der Waals surface area contributed by atoms with Crippen LogP contribution in [0.15, 0.2) is 18.2 Å². The molecule has 0 spiro atoms. The Morgan fingerprint density at radius 2 is 2.04 bits per heavy atom. The third kappa shape index (κ3) is 3.70. The zero-order valence-corrected chi connectivity index (χ0v) is 14.4. The molecule has 6 heteroatoms. The van der Waals surface area contributed by atoms with E-state index in [0.717, 1.165) is 44.8 Å². The lowest BCUT2D eigenvalue weighted by molar-refractivity contribution is -0.139. The van der Waals surface area contributed by atoms with E-state index >= 15 is 0 Å². The van der Waals surface area contributed by atoms with Gasteiger partial charge in [-0.05, 0) is 37.2 Å². The SMILES string of the molecule is COc1ccc(F)cc1CN1CCN(C(=O)C(C)C2CNC2)CC1. The van der Waals surface area contributed by atoms with Crippen molar-refractivity contribution in [2.75, 3.05) is 46.4 Å². The molecule has 5 nitrogen and oxygen atoms in total. The smallest absolute Gasteiger partial charge is 0.225 e. The summed E-state index contributed by atoms with van der Waals surface area (Å²) in [5, 5.41) is 3.23. The van der Waals surface area contributed by atoms with Crippen molar-refractivity contribution in [3.8, 4) is 5.75 Å². The number of ether oxygens (including phenoxy) is 1. The van der Waals surface area contributed by atoms with Crippen LogP contribution >= 0.6 is 0 Å². The molecule has 2 fully saturated rings. The number of piperazine rings is 1. The first-order valence-electron chi connectivity index (χ1n) is 8.62. The zero-order valence-electron chi connectivity index (χ0n) is 14.4. The van der Waals surface area contributed by atoms with E-state index in [2.05, 4.69) is 10.2 Å². The second-order valence-electron chi connectivity index (χ2n) is 6.76. The number of nitrogens with one attached hydrogen (secondary N) is 1. The molecule has 132 valence electrons. The van der Waals surface area contributed by atoms with E-state index in [4.69, 9.17) is 4.74 Å². The first-order valence-corrected chi connectivity index (χ1v) is 8.62. The second-order valence-corrected chi connectivity index (χ2v) is 6.76. The lowest BCUT2D eigenvalue weighted by atomic mass is 9.88. The molecule has 2 aliphatic heterocycles. The molecule has 0 bridgehead atoms. The third-order valence-corrected chi connectivity index (χ3v) is 5.23. The van der Waals surface area contributed by atoms with Gasteiger partial charge in [-0.2, -0.15) is 0 Å². The van der Waals surface area contributed by atoms with E-state index in [9.17, 15) is 9.18 Å². The predicted molar refractivity (Wildman–Crippen MR) is 90.3 cm³/mol. The molecule has 0 aromatic heterocycles. The Hall–Kier alpha value is -1.66. The highest BCUT2D eigenvalue weighted by molar-refractivity contribution is 5.79. The summed E-state index contributed by atoms with van der Waals surface area (Å²) in [6.07, 6.45) is 0. The highest BCUT2D eigenvalue weighted by atomic mass is 19.1. The number of methoxy groups -OCH3 is 1. The molecule has 3 rings (SSSR count). The monoisotopic (exact) mass is 335 g/mol. The second kappa shape index (κ2) is 7.49. The largest absolute Gasteiger partial charge is 0.496 e. The van der Waals surface area contributed by atoms with Crippen LogP contribution in [0.4, 0.5) is 4.39 Å². The van der Waals surface area contributed by atoms with Crippen molar-refractivity contribution in [1.29, 1.82) is 0 Å². The topological polar surface area (TPSA) is 44.8 Å². The van der Waals surface area contributed by atoms with Crippen LogP contribution in [0.25, 0.3) is 0 Å². The van der Waals surface area contributed by atoms with Crippen molar-refractivity contribution in [1.82, 2.24) is 15.1 Å². The lowest BCUT2D eigenvalue weighted by Gasteiger charge is -2.39. The van der Waals surface area contributed by atoms with Crippen molar-refractivity contribution in [2.45, 2.75) is 13.5 Å². The maximum atomic E-state index is 13.5. The summed E-state index contributed by atoms with van der Waals surface area (Å²) in [4.78, 5) is 16.8. The maximum absolute atomic E-state index is 13.5. The van der Waals surface area contributed by atoms with Crippen LogP contribution in [0, 0.1) is 17.7 Å². The molecule has 1 atom stereocenters. The first kappa shape index (κ1) is 17.2. The van der Waals surface area contributed by atoms with Crippen LogP contribution in [-0.2, 0) is 11.3 Å².